The number of para-hydroxylation sites is 1. The van der Waals surface area contributed by atoms with Gasteiger partial charge in [-0.25, -0.2) is 4.79 Å². The van der Waals surface area contributed by atoms with Crippen molar-refractivity contribution in [1.29, 1.82) is 0 Å². The summed E-state index contributed by atoms with van der Waals surface area (Å²) < 4.78 is 5.86. The van der Waals surface area contributed by atoms with Crippen molar-refractivity contribution >= 4 is 17.9 Å². The standard InChI is InChI=1S/C26H24N2O5/c29-24-21-13-4-5-14-22(21)25(30)28(24)16-7-6-15-23(27-26(31)32)18-9-8-12-20(17-18)33-19-10-2-1-3-11-19/h1-5,8-14,17,23,27H,6-7,15-16H2,(H,31,32). The lowest BCUT2D eigenvalue weighted by molar-refractivity contribution is 0.0651. The number of imide groups is 1. The van der Waals surface area contributed by atoms with Crippen LogP contribution in [-0.4, -0.2) is 34.5 Å². The molecule has 0 aromatic heterocycles. The van der Waals surface area contributed by atoms with Gasteiger partial charge < -0.3 is 15.2 Å². The van der Waals surface area contributed by atoms with Crippen LogP contribution in [0.5, 0.6) is 11.5 Å². The van der Waals surface area contributed by atoms with Crippen molar-refractivity contribution in [2.45, 2.75) is 25.3 Å². The molecule has 1 atom stereocenters. The average molecular weight is 444 g/mol. The molecule has 0 saturated carbocycles. The number of hydrogen-bond acceptors (Lipinski definition) is 4. The Morgan fingerprint density at radius 2 is 1.48 bits per heavy atom. The van der Waals surface area contributed by atoms with E-state index in [4.69, 9.17) is 4.74 Å². The Bertz CT molecular complexity index is 1130. The highest BCUT2D eigenvalue weighted by Crippen LogP contribution is 2.28. The summed E-state index contributed by atoms with van der Waals surface area (Å²) in [5.41, 5.74) is 1.65. The van der Waals surface area contributed by atoms with Crippen molar-refractivity contribution in [2.75, 3.05) is 6.54 Å². The molecule has 3 amide bonds. The number of amides is 3. The zero-order valence-corrected chi connectivity index (χ0v) is 17.9. The second-order valence-corrected chi connectivity index (χ2v) is 7.79. The maximum atomic E-state index is 12.5. The third-order valence-corrected chi connectivity index (χ3v) is 5.54. The van der Waals surface area contributed by atoms with Crippen LogP contribution in [0.2, 0.25) is 0 Å². The maximum Gasteiger partial charge on any atom is 0.405 e. The number of carbonyl (C=O) groups excluding carboxylic acids is 2. The third kappa shape index (κ3) is 5.20. The van der Waals surface area contributed by atoms with Crippen molar-refractivity contribution in [3.8, 4) is 11.5 Å². The van der Waals surface area contributed by atoms with Crippen LogP contribution >= 0.6 is 0 Å². The first-order valence-corrected chi connectivity index (χ1v) is 10.8. The summed E-state index contributed by atoms with van der Waals surface area (Å²) in [6.07, 6.45) is 0.602. The van der Waals surface area contributed by atoms with Gasteiger partial charge in [-0.3, -0.25) is 14.5 Å². The number of fused-ring (bicyclic) bond motifs is 1. The number of rotatable bonds is 9. The molecule has 0 spiro atoms. The molecule has 3 aromatic rings. The summed E-state index contributed by atoms with van der Waals surface area (Å²) in [5.74, 6) is 0.753. The number of ether oxygens (including phenoxy) is 1. The lowest BCUT2D eigenvalue weighted by Crippen LogP contribution is -2.31. The number of carboxylic acid groups (broad SMARTS) is 1. The van der Waals surface area contributed by atoms with Crippen LogP contribution in [0.3, 0.4) is 0 Å². The van der Waals surface area contributed by atoms with Crippen LogP contribution in [0.4, 0.5) is 4.79 Å². The smallest absolute Gasteiger partial charge is 0.405 e. The first-order chi connectivity index (χ1) is 16.0. The quantitative estimate of drug-likeness (QED) is 0.347. The van der Waals surface area contributed by atoms with Crippen molar-refractivity contribution in [3.05, 3.63) is 95.6 Å². The zero-order valence-electron chi connectivity index (χ0n) is 17.9. The minimum atomic E-state index is -1.12. The Labute approximate surface area is 191 Å². The fraction of sp³-hybridized carbons (Fsp3) is 0.192. The molecule has 7 nitrogen and oxygen atoms in total. The Balaban J connectivity index is 1.37. The largest absolute Gasteiger partial charge is 0.465 e. The second kappa shape index (κ2) is 9.99. The summed E-state index contributed by atoms with van der Waals surface area (Å²) in [6, 6.07) is 23.0. The van der Waals surface area contributed by atoms with Gasteiger partial charge in [0.25, 0.3) is 11.8 Å². The van der Waals surface area contributed by atoms with Gasteiger partial charge in [-0.05, 0) is 61.2 Å². The summed E-state index contributed by atoms with van der Waals surface area (Å²) in [4.78, 5) is 37.6. The molecule has 33 heavy (non-hydrogen) atoms. The van der Waals surface area contributed by atoms with Crippen LogP contribution < -0.4 is 10.1 Å². The van der Waals surface area contributed by atoms with Gasteiger partial charge in [0, 0.05) is 6.54 Å². The average Bonchev–Trinajstić information content (AvgIpc) is 3.06. The SMILES string of the molecule is O=C(O)NC(CCCCN1C(=O)c2ccccc2C1=O)c1cccc(Oc2ccccc2)c1. The van der Waals surface area contributed by atoms with Crippen LogP contribution in [-0.2, 0) is 0 Å². The highest BCUT2D eigenvalue weighted by molar-refractivity contribution is 6.21. The van der Waals surface area contributed by atoms with E-state index in [-0.39, 0.29) is 11.8 Å². The molecule has 168 valence electrons. The maximum absolute atomic E-state index is 12.5. The molecule has 0 radical (unpaired) electrons. The predicted molar refractivity (Wildman–Crippen MR) is 123 cm³/mol. The number of nitrogens with one attached hydrogen (secondary N) is 1. The van der Waals surface area contributed by atoms with Gasteiger partial charge in [-0.2, -0.15) is 0 Å². The molecule has 2 N–H and O–H groups in total. The van der Waals surface area contributed by atoms with E-state index in [1.807, 2.05) is 54.6 Å². The van der Waals surface area contributed by atoms with E-state index < -0.39 is 12.1 Å². The predicted octanol–water partition coefficient (Wildman–Crippen LogP) is 5.25. The Kier molecular flexibility index (Phi) is 6.69. The monoisotopic (exact) mass is 444 g/mol. The molecule has 3 aromatic carbocycles. The van der Waals surface area contributed by atoms with Gasteiger partial charge in [-0.15, -0.1) is 0 Å². The molecule has 4 rings (SSSR count). The number of nitrogens with zero attached hydrogens (tertiary/aromatic N) is 1. The summed E-state index contributed by atoms with van der Waals surface area (Å²) in [5, 5.41) is 11.9. The number of carbonyl (C=O) groups is 3. The molecule has 1 aliphatic rings. The van der Waals surface area contributed by atoms with E-state index in [1.54, 1.807) is 24.3 Å². The van der Waals surface area contributed by atoms with Crippen molar-refractivity contribution in [1.82, 2.24) is 10.2 Å². The van der Waals surface area contributed by atoms with Gasteiger partial charge >= 0.3 is 6.09 Å². The van der Waals surface area contributed by atoms with Crippen LogP contribution in [0, 0.1) is 0 Å². The molecule has 0 aliphatic carbocycles. The number of benzene rings is 3. The first-order valence-electron chi connectivity index (χ1n) is 10.8. The molecular formula is C26H24N2O5. The van der Waals surface area contributed by atoms with Gasteiger partial charge in [0.2, 0.25) is 0 Å². The van der Waals surface area contributed by atoms with Gasteiger partial charge in [0.15, 0.2) is 0 Å². The van der Waals surface area contributed by atoms with Gasteiger partial charge in [0.1, 0.15) is 11.5 Å². The number of unbranched alkanes of at least 4 members (excludes halogenated alkanes) is 1. The molecular weight excluding hydrogens is 420 g/mol. The van der Waals surface area contributed by atoms with Crippen molar-refractivity contribution in [3.63, 3.8) is 0 Å². The van der Waals surface area contributed by atoms with Crippen LogP contribution in [0.25, 0.3) is 0 Å². The lowest BCUT2D eigenvalue weighted by atomic mass is 10.0. The second-order valence-electron chi connectivity index (χ2n) is 7.79. The minimum absolute atomic E-state index is 0.276. The summed E-state index contributed by atoms with van der Waals surface area (Å²) >= 11 is 0. The van der Waals surface area contributed by atoms with E-state index in [0.717, 1.165) is 5.56 Å². The molecule has 0 saturated heterocycles. The zero-order chi connectivity index (χ0) is 23.2. The highest BCUT2D eigenvalue weighted by Gasteiger charge is 2.34. The molecule has 0 bridgehead atoms. The molecule has 0 fully saturated rings. The van der Waals surface area contributed by atoms with E-state index in [9.17, 15) is 19.5 Å². The first kappa shape index (κ1) is 22.1. The summed E-state index contributed by atoms with van der Waals surface area (Å²) in [7, 11) is 0. The lowest BCUT2D eigenvalue weighted by Gasteiger charge is -2.19. The normalized spacial score (nSPS) is 13.5. The highest BCUT2D eigenvalue weighted by atomic mass is 16.5. The van der Waals surface area contributed by atoms with Crippen LogP contribution in [0.15, 0.2) is 78.9 Å². The topological polar surface area (TPSA) is 95.9 Å². The van der Waals surface area contributed by atoms with E-state index >= 15 is 0 Å². The van der Waals surface area contributed by atoms with Crippen LogP contribution in [0.1, 0.15) is 51.6 Å². The minimum Gasteiger partial charge on any atom is -0.465 e. The Morgan fingerprint density at radius 1 is 0.848 bits per heavy atom. The van der Waals surface area contributed by atoms with Gasteiger partial charge in [-0.1, -0.05) is 42.5 Å². The van der Waals surface area contributed by atoms with E-state index in [1.165, 1.54) is 4.90 Å². The Hall–Kier alpha value is -4.13. The van der Waals surface area contributed by atoms with Crippen molar-refractivity contribution in [2.24, 2.45) is 0 Å². The van der Waals surface area contributed by atoms with Crippen molar-refractivity contribution < 1.29 is 24.2 Å². The fourth-order valence-electron chi connectivity index (χ4n) is 3.95. The van der Waals surface area contributed by atoms with E-state index in [2.05, 4.69) is 5.32 Å². The third-order valence-electron chi connectivity index (χ3n) is 5.54. The molecule has 7 heteroatoms. The van der Waals surface area contributed by atoms with Gasteiger partial charge in [0.05, 0.1) is 17.2 Å². The molecule has 1 heterocycles. The Morgan fingerprint density at radius 3 is 2.15 bits per heavy atom. The molecule has 1 aliphatic heterocycles. The summed E-state index contributed by atoms with van der Waals surface area (Å²) in [6.45, 7) is 0.295. The molecule has 1 unspecified atom stereocenters. The van der Waals surface area contributed by atoms with E-state index in [0.29, 0.717) is 48.4 Å². The fourth-order valence-corrected chi connectivity index (χ4v) is 3.95. The number of hydrogen-bond donors (Lipinski definition) is 2.